The average molecular weight is 357 g/mol. The van der Waals surface area contributed by atoms with Crippen LogP contribution in [0.3, 0.4) is 0 Å². The van der Waals surface area contributed by atoms with E-state index in [-0.39, 0.29) is 5.78 Å². The molecule has 0 N–H and O–H groups in total. The number of aryl methyl sites for hydroxylation is 1. The van der Waals surface area contributed by atoms with Gasteiger partial charge >= 0.3 is 5.63 Å². The predicted octanol–water partition coefficient (Wildman–Crippen LogP) is 5.07. The molecule has 0 unspecified atom stereocenters. The lowest BCUT2D eigenvalue weighted by Gasteiger charge is -2.12. The van der Waals surface area contributed by atoms with Crippen LogP contribution >= 0.6 is 0 Å². The van der Waals surface area contributed by atoms with Gasteiger partial charge in [-0.05, 0) is 56.7 Å². The highest BCUT2D eigenvalue weighted by Crippen LogP contribution is 2.30. The monoisotopic (exact) mass is 357 g/mol. The summed E-state index contributed by atoms with van der Waals surface area (Å²) in [5.41, 5.74) is 4.62. The molecule has 2 aromatic carbocycles. The highest BCUT2D eigenvalue weighted by molar-refractivity contribution is 5.97. The molecule has 0 saturated carbocycles. The minimum absolute atomic E-state index is 0.0367. The third-order valence-corrected chi connectivity index (χ3v) is 4.80. The van der Waals surface area contributed by atoms with E-state index in [0.29, 0.717) is 22.4 Å². The van der Waals surface area contributed by atoms with Crippen molar-refractivity contribution in [2.45, 2.75) is 20.8 Å². The van der Waals surface area contributed by atoms with E-state index in [4.69, 9.17) is 4.42 Å². The minimum atomic E-state index is -0.421. The van der Waals surface area contributed by atoms with Gasteiger partial charge in [-0.25, -0.2) is 4.79 Å². The summed E-state index contributed by atoms with van der Waals surface area (Å²) in [6.07, 6.45) is 0. The Balaban J connectivity index is 2.06. The fourth-order valence-electron chi connectivity index (χ4n) is 3.50. The number of aromatic nitrogens is 1. The van der Waals surface area contributed by atoms with Crippen molar-refractivity contribution in [3.8, 4) is 16.9 Å². The van der Waals surface area contributed by atoms with Crippen molar-refractivity contribution in [2.24, 2.45) is 0 Å². The van der Waals surface area contributed by atoms with Crippen molar-refractivity contribution in [1.82, 2.24) is 4.57 Å². The summed E-state index contributed by atoms with van der Waals surface area (Å²) >= 11 is 0. The third-order valence-electron chi connectivity index (χ3n) is 4.80. The number of ketones is 1. The number of Topliss-reactive ketones (excluding diaryl/α,β-unsaturated/α-hetero) is 1. The molecule has 0 aliphatic carbocycles. The quantitative estimate of drug-likeness (QED) is 0.380. The Kier molecular flexibility index (Phi) is 4.04. The number of carbonyl (C=O) groups is 1. The molecule has 0 aliphatic rings. The van der Waals surface area contributed by atoms with Crippen LogP contribution in [0.25, 0.3) is 27.9 Å². The number of carbonyl (C=O) groups excluding carboxylic acids is 1. The van der Waals surface area contributed by atoms with Crippen LogP contribution in [0, 0.1) is 13.8 Å². The lowest BCUT2D eigenvalue weighted by Crippen LogP contribution is -2.07. The van der Waals surface area contributed by atoms with E-state index in [1.807, 2.05) is 66.9 Å². The molecule has 4 nitrogen and oxygen atoms in total. The normalized spacial score (nSPS) is 11.1. The zero-order chi connectivity index (χ0) is 19.1. The van der Waals surface area contributed by atoms with E-state index in [2.05, 4.69) is 0 Å². The summed E-state index contributed by atoms with van der Waals surface area (Å²) in [4.78, 5) is 24.9. The summed E-state index contributed by atoms with van der Waals surface area (Å²) in [7, 11) is 0. The number of benzene rings is 2. The number of fused-ring (bicyclic) bond motifs is 1. The molecular formula is C23H19NO3. The second-order valence-corrected chi connectivity index (χ2v) is 6.74. The molecule has 0 aliphatic heterocycles. The lowest BCUT2D eigenvalue weighted by molar-refractivity contribution is 0.101. The first-order valence-electron chi connectivity index (χ1n) is 8.79. The van der Waals surface area contributed by atoms with Gasteiger partial charge in [0.2, 0.25) is 0 Å². The molecule has 0 saturated heterocycles. The molecule has 2 aromatic heterocycles. The molecule has 27 heavy (non-hydrogen) atoms. The van der Waals surface area contributed by atoms with Crippen molar-refractivity contribution in [1.29, 1.82) is 0 Å². The van der Waals surface area contributed by atoms with E-state index in [9.17, 15) is 9.59 Å². The topological polar surface area (TPSA) is 52.2 Å². The first kappa shape index (κ1) is 17.0. The van der Waals surface area contributed by atoms with E-state index >= 15 is 0 Å². The number of rotatable bonds is 3. The van der Waals surface area contributed by atoms with Crippen LogP contribution in [-0.4, -0.2) is 10.4 Å². The van der Waals surface area contributed by atoms with Crippen LogP contribution in [-0.2, 0) is 0 Å². The maximum absolute atomic E-state index is 12.7. The second-order valence-electron chi connectivity index (χ2n) is 6.74. The second kappa shape index (κ2) is 6.40. The zero-order valence-electron chi connectivity index (χ0n) is 15.4. The van der Waals surface area contributed by atoms with Crippen LogP contribution < -0.4 is 5.63 Å². The molecule has 0 spiro atoms. The number of hydrogen-bond donors (Lipinski definition) is 0. The van der Waals surface area contributed by atoms with Crippen molar-refractivity contribution in [3.05, 3.63) is 87.9 Å². The smallest absolute Gasteiger partial charge is 0.345 e. The Bertz CT molecular complexity index is 1240. The SMILES string of the molecule is CC(=O)c1cc(-c2cc3ccccc3oc2=O)n(-c2cccc(C)c2)c1C. The van der Waals surface area contributed by atoms with Gasteiger partial charge in [0.15, 0.2) is 5.78 Å². The minimum Gasteiger partial charge on any atom is -0.422 e. The standard InChI is InChI=1S/C23H19NO3/c1-14-7-6-9-18(11-14)24-15(2)19(16(3)25)13-21(24)20-12-17-8-4-5-10-22(17)27-23(20)26/h4-13H,1-3H3. The van der Waals surface area contributed by atoms with Gasteiger partial charge in [-0.1, -0.05) is 30.3 Å². The van der Waals surface area contributed by atoms with Gasteiger partial charge in [0.05, 0.1) is 11.3 Å². The van der Waals surface area contributed by atoms with Gasteiger partial charge in [0, 0.05) is 22.3 Å². The van der Waals surface area contributed by atoms with Gasteiger partial charge in [-0.2, -0.15) is 0 Å². The molecule has 2 heterocycles. The first-order chi connectivity index (χ1) is 13.0. The van der Waals surface area contributed by atoms with E-state index in [1.165, 1.54) is 6.92 Å². The molecule has 134 valence electrons. The number of nitrogens with zero attached hydrogens (tertiary/aromatic N) is 1. The van der Waals surface area contributed by atoms with Crippen molar-refractivity contribution in [3.63, 3.8) is 0 Å². The van der Waals surface area contributed by atoms with Crippen molar-refractivity contribution >= 4 is 16.8 Å². The molecule has 0 atom stereocenters. The molecule has 0 bridgehead atoms. The summed E-state index contributed by atoms with van der Waals surface area (Å²) in [6, 6.07) is 19.0. The van der Waals surface area contributed by atoms with E-state index in [0.717, 1.165) is 22.3 Å². The molecule has 4 heteroatoms. The van der Waals surface area contributed by atoms with E-state index in [1.54, 1.807) is 12.1 Å². The van der Waals surface area contributed by atoms with Crippen LogP contribution in [0.2, 0.25) is 0 Å². The molecule has 0 fully saturated rings. The Morgan fingerprint density at radius 3 is 2.48 bits per heavy atom. The maximum Gasteiger partial charge on any atom is 0.345 e. The maximum atomic E-state index is 12.7. The van der Waals surface area contributed by atoms with Crippen molar-refractivity contribution < 1.29 is 9.21 Å². The number of para-hydroxylation sites is 1. The van der Waals surface area contributed by atoms with Crippen LogP contribution in [0.5, 0.6) is 0 Å². The predicted molar refractivity (Wildman–Crippen MR) is 107 cm³/mol. The Morgan fingerprint density at radius 1 is 0.963 bits per heavy atom. The summed E-state index contributed by atoms with van der Waals surface area (Å²) in [5, 5.41) is 0.839. The largest absolute Gasteiger partial charge is 0.422 e. The number of hydrogen-bond acceptors (Lipinski definition) is 3. The average Bonchev–Trinajstić information content (AvgIpc) is 2.98. The molecule has 0 radical (unpaired) electrons. The third kappa shape index (κ3) is 2.89. The Hall–Kier alpha value is -3.40. The highest BCUT2D eigenvalue weighted by Gasteiger charge is 2.20. The Labute approximate surface area is 156 Å². The zero-order valence-corrected chi connectivity index (χ0v) is 15.4. The Morgan fingerprint density at radius 2 is 1.74 bits per heavy atom. The van der Waals surface area contributed by atoms with Crippen LogP contribution in [0.4, 0.5) is 0 Å². The van der Waals surface area contributed by atoms with Crippen LogP contribution in [0.15, 0.2) is 69.9 Å². The fraction of sp³-hybridized carbons (Fsp3) is 0.130. The van der Waals surface area contributed by atoms with Gasteiger partial charge in [0.1, 0.15) is 5.58 Å². The lowest BCUT2D eigenvalue weighted by atomic mass is 10.1. The van der Waals surface area contributed by atoms with Gasteiger partial charge < -0.3 is 8.98 Å². The first-order valence-corrected chi connectivity index (χ1v) is 8.79. The molecule has 0 amide bonds. The fourth-order valence-corrected chi connectivity index (χ4v) is 3.50. The van der Waals surface area contributed by atoms with Gasteiger partial charge in [-0.3, -0.25) is 4.79 Å². The van der Waals surface area contributed by atoms with Crippen molar-refractivity contribution in [2.75, 3.05) is 0 Å². The van der Waals surface area contributed by atoms with E-state index < -0.39 is 5.63 Å². The highest BCUT2D eigenvalue weighted by atomic mass is 16.4. The summed E-state index contributed by atoms with van der Waals surface area (Å²) in [5.74, 6) is -0.0367. The molecule has 4 aromatic rings. The summed E-state index contributed by atoms with van der Waals surface area (Å²) in [6.45, 7) is 5.44. The van der Waals surface area contributed by atoms with Gasteiger partial charge in [-0.15, -0.1) is 0 Å². The molecule has 4 rings (SSSR count). The molecular weight excluding hydrogens is 338 g/mol. The van der Waals surface area contributed by atoms with Crippen LogP contribution in [0.1, 0.15) is 28.5 Å². The van der Waals surface area contributed by atoms with Gasteiger partial charge in [0.25, 0.3) is 0 Å². The summed E-state index contributed by atoms with van der Waals surface area (Å²) < 4.78 is 7.47.